The summed E-state index contributed by atoms with van der Waals surface area (Å²) >= 11 is 1.34. The lowest BCUT2D eigenvalue weighted by molar-refractivity contribution is 0.339. The molecule has 0 aliphatic carbocycles. The van der Waals surface area contributed by atoms with E-state index in [1.165, 1.54) is 29.7 Å². The Labute approximate surface area is 113 Å². The second-order valence-electron chi connectivity index (χ2n) is 3.56. The zero-order valence-electron chi connectivity index (χ0n) is 10.3. The minimum atomic E-state index is -0.344. The van der Waals surface area contributed by atoms with Crippen LogP contribution < -0.4 is 15.9 Å². The van der Waals surface area contributed by atoms with E-state index in [9.17, 15) is 4.39 Å². The molecule has 0 aliphatic heterocycles. The number of anilines is 2. The van der Waals surface area contributed by atoms with Gasteiger partial charge in [0.05, 0.1) is 12.8 Å². The average molecular weight is 280 g/mol. The number of nitrogens with one attached hydrogen (secondary N) is 1. The van der Waals surface area contributed by atoms with Crippen LogP contribution in [-0.2, 0) is 0 Å². The van der Waals surface area contributed by atoms with Crippen LogP contribution in [0.15, 0.2) is 28.7 Å². The Bertz CT molecular complexity index is 585. The Kier molecular flexibility index (Phi) is 4.30. The predicted octanol–water partition coefficient (Wildman–Crippen LogP) is 2.71. The number of hydrazone groups is 1. The number of halogens is 1. The minimum Gasteiger partial charge on any atom is -0.493 e. The highest BCUT2D eigenvalue weighted by molar-refractivity contribution is 7.14. The smallest absolute Gasteiger partial charge is 0.205 e. The van der Waals surface area contributed by atoms with Crippen LogP contribution in [0.3, 0.4) is 0 Å². The number of nitrogens with two attached hydrogens (primary N) is 1. The summed E-state index contributed by atoms with van der Waals surface area (Å²) in [6.07, 6.45) is 1.48. The Morgan fingerprint density at radius 3 is 3.11 bits per heavy atom. The summed E-state index contributed by atoms with van der Waals surface area (Å²) in [6.45, 7) is 2.36. The summed E-state index contributed by atoms with van der Waals surface area (Å²) in [4.78, 5) is 3.98. The molecule has 0 radical (unpaired) electrons. The standard InChI is InChI=1S/C12H13FN4OS/c1-2-18-10-4-3-9(13)5-8(10)6-15-17-12-16-11(14)7-19-12/h3-7H,2,14H2,1H3,(H,16,17). The third kappa shape index (κ3) is 3.65. The van der Waals surface area contributed by atoms with E-state index in [1.54, 1.807) is 11.4 Å². The van der Waals surface area contributed by atoms with Crippen molar-refractivity contribution in [3.05, 3.63) is 35.0 Å². The van der Waals surface area contributed by atoms with E-state index in [0.29, 0.717) is 28.9 Å². The van der Waals surface area contributed by atoms with Gasteiger partial charge in [0.25, 0.3) is 0 Å². The molecule has 0 aliphatic rings. The summed E-state index contributed by atoms with van der Waals surface area (Å²) < 4.78 is 18.6. The first-order chi connectivity index (χ1) is 9.19. The van der Waals surface area contributed by atoms with E-state index in [2.05, 4.69) is 15.5 Å². The molecule has 1 heterocycles. The van der Waals surface area contributed by atoms with Gasteiger partial charge < -0.3 is 10.5 Å². The molecule has 0 saturated carbocycles. The Hall–Kier alpha value is -2.15. The van der Waals surface area contributed by atoms with E-state index < -0.39 is 0 Å². The maximum atomic E-state index is 13.2. The van der Waals surface area contributed by atoms with Gasteiger partial charge in [-0.05, 0) is 25.1 Å². The van der Waals surface area contributed by atoms with Gasteiger partial charge in [-0.1, -0.05) is 0 Å². The van der Waals surface area contributed by atoms with Crippen LogP contribution in [0.25, 0.3) is 0 Å². The lowest BCUT2D eigenvalue weighted by Gasteiger charge is -2.06. The van der Waals surface area contributed by atoms with E-state index >= 15 is 0 Å². The first-order valence-corrected chi connectivity index (χ1v) is 6.49. The lowest BCUT2D eigenvalue weighted by atomic mass is 10.2. The van der Waals surface area contributed by atoms with Gasteiger partial charge in [0, 0.05) is 10.9 Å². The van der Waals surface area contributed by atoms with Gasteiger partial charge in [0.1, 0.15) is 17.4 Å². The predicted molar refractivity (Wildman–Crippen MR) is 75.3 cm³/mol. The second kappa shape index (κ2) is 6.14. The van der Waals surface area contributed by atoms with Crippen LogP contribution >= 0.6 is 11.3 Å². The van der Waals surface area contributed by atoms with Gasteiger partial charge in [-0.3, -0.25) is 5.43 Å². The molecular formula is C12H13FN4OS. The van der Waals surface area contributed by atoms with Crippen molar-refractivity contribution in [3.8, 4) is 5.75 Å². The Balaban J connectivity index is 2.10. The molecular weight excluding hydrogens is 267 g/mol. The van der Waals surface area contributed by atoms with E-state index in [-0.39, 0.29) is 5.82 Å². The maximum Gasteiger partial charge on any atom is 0.205 e. The molecule has 19 heavy (non-hydrogen) atoms. The highest BCUT2D eigenvalue weighted by Crippen LogP contribution is 2.19. The molecule has 0 bridgehead atoms. The van der Waals surface area contributed by atoms with Crippen LogP contribution in [0.5, 0.6) is 5.75 Å². The van der Waals surface area contributed by atoms with Crippen molar-refractivity contribution in [2.75, 3.05) is 17.8 Å². The monoisotopic (exact) mass is 280 g/mol. The van der Waals surface area contributed by atoms with Crippen LogP contribution in [0, 0.1) is 5.82 Å². The van der Waals surface area contributed by atoms with Crippen molar-refractivity contribution in [2.24, 2.45) is 5.10 Å². The molecule has 7 heteroatoms. The summed E-state index contributed by atoms with van der Waals surface area (Å²) in [5.41, 5.74) is 8.76. The third-order valence-electron chi connectivity index (χ3n) is 2.16. The Morgan fingerprint density at radius 2 is 2.42 bits per heavy atom. The molecule has 100 valence electrons. The van der Waals surface area contributed by atoms with Crippen LogP contribution in [-0.4, -0.2) is 17.8 Å². The molecule has 0 amide bonds. The number of benzene rings is 1. The molecule has 0 unspecified atom stereocenters. The minimum absolute atomic E-state index is 0.344. The van der Waals surface area contributed by atoms with Crippen LogP contribution in [0.1, 0.15) is 12.5 Å². The SMILES string of the molecule is CCOc1ccc(F)cc1C=NNc1nc(N)cs1. The highest BCUT2D eigenvalue weighted by Gasteiger charge is 2.03. The summed E-state index contributed by atoms with van der Waals surface area (Å²) in [5.74, 6) is 0.667. The number of hydrogen-bond donors (Lipinski definition) is 2. The van der Waals surface area contributed by atoms with Crippen LogP contribution in [0.4, 0.5) is 15.3 Å². The fraction of sp³-hybridized carbons (Fsp3) is 0.167. The molecule has 2 rings (SSSR count). The van der Waals surface area contributed by atoms with E-state index in [0.717, 1.165) is 0 Å². The van der Waals surface area contributed by atoms with Gasteiger partial charge >= 0.3 is 0 Å². The molecule has 0 fully saturated rings. The van der Waals surface area contributed by atoms with Crippen molar-refractivity contribution < 1.29 is 9.13 Å². The molecule has 0 atom stereocenters. The Morgan fingerprint density at radius 1 is 1.58 bits per heavy atom. The molecule has 5 nitrogen and oxygen atoms in total. The third-order valence-corrected chi connectivity index (χ3v) is 2.92. The van der Waals surface area contributed by atoms with Gasteiger partial charge in [0.15, 0.2) is 0 Å². The summed E-state index contributed by atoms with van der Waals surface area (Å²) in [6, 6.07) is 4.27. The fourth-order valence-corrected chi connectivity index (χ4v) is 1.95. The quantitative estimate of drug-likeness (QED) is 0.652. The normalized spacial score (nSPS) is 10.8. The molecule has 0 spiro atoms. The van der Waals surface area contributed by atoms with Crippen LogP contribution in [0.2, 0.25) is 0 Å². The fourth-order valence-electron chi connectivity index (χ4n) is 1.40. The molecule has 3 N–H and O–H groups in total. The number of aromatic nitrogens is 1. The first kappa shape index (κ1) is 13.3. The average Bonchev–Trinajstić information content (AvgIpc) is 2.79. The number of hydrogen-bond acceptors (Lipinski definition) is 6. The van der Waals surface area contributed by atoms with Crippen molar-refractivity contribution in [1.29, 1.82) is 0 Å². The number of nitrogens with zero attached hydrogens (tertiary/aromatic N) is 2. The number of rotatable bonds is 5. The number of ether oxygens (including phenoxy) is 1. The first-order valence-electron chi connectivity index (χ1n) is 5.61. The van der Waals surface area contributed by atoms with Crippen molar-refractivity contribution >= 4 is 28.5 Å². The summed E-state index contributed by atoms with van der Waals surface area (Å²) in [7, 11) is 0. The molecule has 1 aromatic heterocycles. The second-order valence-corrected chi connectivity index (χ2v) is 4.42. The van der Waals surface area contributed by atoms with E-state index in [1.807, 2.05) is 6.92 Å². The van der Waals surface area contributed by atoms with Crippen molar-refractivity contribution in [3.63, 3.8) is 0 Å². The topological polar surface area (TPSA) is 72.5 Å². The van der Waals surface area contributed by atoms with Gasteiger partial charge in [0.2, 0.25) is 5.13 Å². The molecule has 2 aromatic rings. The van der Waals surface area contributed by atoms with Crippen molar-refractivity contribution in [1.82, 2.24) is 4.98 Å². The van der Waals surface area contributed by atoms with E-state index in [4.69, 9.17) is 10.5 Å². The summed E-state index contributed by atoms with van der Waals surface area (Å²) in [5, 5.41) is 6.25. The van der Waals surface area contributed by atoms with Gasteiger partial charge in [-0.15, -0.1) is 11.3 Å². The maximum absolute atomic E-state index is 13.2. The largest absolute Gasteiger partial charge is 0.493 e. The molecule has 1 aromatic carbocycles. The molecule has 0 saturated heterocycles. The zero-order chi connectivity index (χ0) is 13.7. The number of nitrogen functional groups attached to an aromatic ring is 1. The van der Waals surface area contributed by atoms with Gasteiger partial charge in [-0.25, -0.2) is 9.37 Å². The zero-order valence-corrected chi connectivity index (χ0v) is 11.1. The lowest BCUT2D eigenvalue weighted by Crippen LogP contribution is -1.98. The van der Waals surface area contributed by atoms with Gasteiger partial charge in [-0.2, -0.15) is 5.10 Å². The van der Waals surface area contributed by atoms with Crippen molar-refractivity contribution in [2.45, 2.75) is 6.92 Å². The number of thiazole rings is 1. The highest BCUT2D eigenvalue weighted by atomic mass is 32.1.